The van der Waals surface area contributed by atoms with E-state index in [4.69, 9.17) is 0 Å². The van der Waals surface area contributed by atoms with Crippen LogP contribution in [0.4, 0.5) is 5.13 Å². The lowest BCUT2D eigenvalue weighted by Crippen LogP contribution is -2.48. The summed E-state index contributed by atoms with van der Waals surface area (Å²) in [4.78, 5) is 25.5. The second-order valence-electron chi connectivity index (χ2n) is 9.27. The van der Waals surface area contributed by atoms with Gasteiger partial charge in [0.2, 0.25) is 16.9 Å². The first-order valence-corrected chi connectivity index (χ1v) is 11.4. The van der Waals surface area contributed by atoms with Crippen molar-refractivity contribution in [2.45, 2.75) is 66.8 Å². The van der Waals surface area contributed by atoms with E-state index in [2.05, 4.69) is 48.5 Å². The maximum atomic E-state index is 12.9. The Labute approximate surface area is 183 Å². The number of anilines is 1. The minimum atomic E-state index is -0.603. The van der Waals surface area contributed by atoms with E-state index in [1.54, 1.807) is 0 Å². The molecule has 0 spiro atoms. The van der Waals surface area contributed by atoms with Crippen LogP contribution in [0, 0.1) is 17.3 Å². The first kappa shape index (κ1) is 24.0. The molecule has 1 aromatic heterocycles. The van der Waals surface area contributed by atoms with Gasteiger partial charge in [0.15, 0.2) is 0 Å². The Hall–Kier alpha value is -2.28. The second-order valence-corrected chi connectivity index (χ2v) is 10.2. The van der Waals surface area contributed by atoms with Gasteiger partial charge in [0.1, 0.15) is 11.0 Å². The van der Waals surface area contributed by atoms with E-state index in [1.807, 2.05) is 44.2 Å². The van der Waals surface area contributed by atoms with Gasteiger partial charge >= 0.3 is 0 Å². The van der Waals surface area contributed by atoms with Gasteiger partial charge in [-0.3, -0.25) is 14.9 Å². The molecule has 164 valence electrons. The zero-order valence-electron chi connectivity index (χ0n) is 18.9. The Morgan fingerprint density at radius 1 is 1.10 bits per heavy atom. The minimum absolute atomic E-state index is 0.00777. The van der Waals surface area contributed by atoms with Crippen molar-refractivity contribution in [2.75, 3.05) is 5.32 Å². The molecule has 0 unspecified atom stereocenters. The van der Waals surface area contributed by atoms with Crippen molar-refractivity contribution in [1.29, 1.82) is 0 Å². The van der Waals surface area contributed by atoms with Gasteiger partial charge in [0.05, 0.1) is 0 Å². The highest BCUT2D eigenvalue weighted by Crippen LogP contribution is 2.27. The molecule has 6 nitrogen and oxygen atoms in total. The number of carbonyl (C=O) groups excluding carboxylic acids is 2. The fourth-order valence-corrected chi connectivity index (χ4v) is 4.27. The van der Waals surface area contributed by atoms with Crippen LogP contribution in [0.1, 0.15) is 60.8 Å². The molecule has 3 atom stereocenters. The molecule has 0 aliphatic heterocycles. The topological polar surface area (TPSA) is 84.0 Å². The fourth-order valence-electron chi connectivity index (χ4n) is 3.52. The van der Waals surface area contributed by atoms with Gasteiger partial charge in [0.25, 0.3) is 0 Å². The smallest absolute Gasteiger partial charge is 0.249 e. The number of rotatable bonds is 9. The summed E-state index contributed by atoms with van der Waals surface area (Å²) < 4.78 is 0. The number of aromatic nitrogens is 2. The summed E-state index contributed by atoms with van der Waals surface area (Å²) in [5, 5.41) is 15.2. The number of nitrogens with zero attached hydrogens (tertiary/aromatic N) is 2. The average molecular weight is 431 g/mol. The minimum Gasteiger partial charge on any atom is -0.344 e. The molecular formula is C23H34N4O2S. The first-order valence-electron chi connectivity index (χ1n) is 10.6. The molecule has 0 fully saturated rings. The van der Waals surface area contributed by atoms with Gasteiger partial charge in [0, 0.05) is 12.0 Å². The van der Waals surface area contributed by atoms with Crippen molar-refractivity contribution < 1.29 is 9.59 Å². The summed E-state index contributed by atoms with van der Waals surface area (Å²) in [5.41, 5.74) is 1.12. The van der Waals surface area contributed by atoms with E-state index in [0.717, 1.165) is 23.4 Å². The lowest BCUT2D eigenvalue weighted by atomic mass is 9.84. The summed E-state index contributed by atoms with van der Waals surface area (Å²) in [6, 6.07) is 9.11. The lowest BCUT2D eigenvalue weighted by Gasteiger charge is -2.26. The van der Waals surface area contributed by atoms with Crippen molar-refractivity contribution in [1.82, 2.24) is 15.5 Å². The van der Waals surface area contributed by atoms with Gasteiger partial charge < -0.3 is 5.32 Å². The van der Waals surface area contributed by atoms with Gasteiger partial charge in [-0.05, 0) is 23.7 Å². The van der Waals surface area contributed by atoms with Crippen molar-refractivity contribution in [3.05, 3.63) is 30.3 Å². The molecule has 2 aromatic rings. The molecule has 2 rings (SSSR count). The van der Waals surface area contributed by atoms with Crippen LogP contribution in [0.5, 0.6) is 0 Å². The Bertz CT molecular complexity index is 829. The molecule has 2 N–H and O–H groups in total. The van der Waals surface area contributed by atoms with E-state index < -0.39 is 6.04 Å². The zero-order valence-corrected chi connectivity index (χ0v) is 19.7. The van der Waals surface area contributed by atoms with Crippen LogP contribution >= 0.6 is 11.3 Å². The third-order valence-corrected chi connectivity index (χ3v) is 5.87. The number of hydrogen-bond acceptors (Lipinski definition) is 5. The van der Waals surface area contributed by atoms with E-state index in [9.17, 15) is 9.59 Å². The van der Waals surface area contributed by atoms with Crippen molar-refractivity contribution in [3.8, 4) is 10.6 Å². The molecule has 1 heterocycles. The number of hydrogen-bond donors (Lipinski definition) is 2. The predicted octanol–water partition coefficient (Wildman–Crippen LogP) is 5.14. The molecule has 0 aliphatic rings. The van der Waals surface area contributed by atoms with Gasteiger partial charge in [-0.25, -0.2) is 0 Å². The summed E-state index contributed by atoms with van der Waals surface area (Å²) in [5.74, 6) is -0.0815. The average Bonchev–Trinajstić information content (AvgIpc) is 3.13. The van der Waals surface area contributed by atoms with Gasteiger partial charge in [-0.2, -0.15) is 0 Å². The number of carbonyl (C=O) groups is 2. The van der Waals surface area contributed by atoms with Crippen LogP contribution in [0.25, 0.3) is 10.6 Å². The van der Waals surface area contributed by atoms with E-state index >= 15 is 0 Å². The van der Waals surface area contributed by atoms with Crippen LogP contribution in [0.3, 0.4) is 0 Å². The Morgan fingerprint density at radius 2 is 1.77 bits per heavy atom. The Balaban J connectivity index is 2.02. The number of nitrogens with one attached hydrogen (secondary N) is 2. The van der Waals surface area contributed by atoms with Gasteiger partial charge in [-0.15, -0.1) is 10.2 Å². The highest BCUT2D eigenvalue weighted by atomic mass is 32.1. The predicted molar refractivity (Wildman–Crippen MR) is 123 cm³/mol. The first-order chi connectivity index (χ1) is 14.1. The summed E-state index contributed by atoms with van der Waals surface area (Å²) in [6.45, 7) is 12.6. The normalized spacial score (nSPS) is 14.6. The van der Waals surface area contributed by atoms with Crippen LogP contribution in [-0.4, -0.2) is 28.1 Å². The maximum absolute atomic E-state index is 12.9. The van der Waals surface area contributed by atoms with Gasteiger partial charge in [-0.1, -0.05) is 89.6 Å². The van der Waals surface area contributed by atoms with Crippen molar-refractivity contribution in [2.24, 2.45) is 17.3 Å². The lowest BCUT2D eigenvalue weighted by molar-refractivity contribution is -0.128. The van der Waals surface area contributed by atoms with Crippen LogP contribution in [0.2, 0.25) is 0 Å². The summed E-state index contributed by atoms with van der Waals surface area (Å²) in [6.07, 6.45) is 2.14. The molecule has 2 amide bonds. The highest BCUT2D eigenvalue weighted by molar-refractivity contribution is 7.18. The molecule has 0 radical (unpaired) electrons. The van der Waals surface area contributed by atoms with E-state index in [-0.39, 0.29) is 29.1 Å². The molecule has 0 saturated heterocycles. The van der Waals surface area contributed by atoms with Crippen molar-refractivity contribution >= 4 is 28.3 Å². The number of amides is 2. The Kier molecular flexibility index (Phi) is 8.53. The quantitative estimate of drug-likeness (QED) is 0.577. The monoisotopic (exact) mass is 430 g/mol. The highest BCUT2D eigenvalue weighted by Gasteiger charge is 2.28. The molecule has 30 heavy (non-hydrogen) atoms. The zero-order chi connectivity index (χ0) is 22.3. The standard InChI is InChI=1S/C23H34N4O2S/c1-7-16(3)19(24-18(28)13-15(2)14-23(4,5)6)20(29)25-22-27-26-21(30-22)17-11-9-8-10-12-17/h8-12,15-16,19H,7,13-14H2,1-6H3,(H,24,28)(H,25,27,29)/t15-,16+,19-/m1/s1. The van der Waals surface area contributed by atoms with E-state index in [0.29, 0.717) is 11.6 Å². The molecular weight excluding hydrogens is 396 g/mol. The van der Waals surface area contributed by atoms with E-state index in [1.165, 1.54) is 11.3 Å². The largest absolute Gasteiger partial charge is 0.344 e. The van der Waals surface area contributed by atoms with Crippen LogP contribution in [0.15, 0.2) is 30.3 Å². The summed E-state index contributed by atoms with van der Waals surface area (Å²) >= 11 is 1.32. The SMILES string of the molecule is CC[C@H](C)[C@@H](NC(=O)C[C@@H](C)CC(C)(C)C)C(=O)Nc1nnc(-c2ccccc2)s1. The molecule has 0 bridgehead atoms. The molecule has 0 saturated carbocycles. The molecule has 1 aromatic carbocycles. The van der Waals surface area contributed by atoms with Crippen molar-refractivity contribution in [3.63, 3.8) is 0 Å². The second kappa shape index (κ2) is 10.7. The Morgan fingerprint density at radius 3 is 2.37 bits per heavy atom. The third kappa shape index (κ3) is 7.52. The fraction of sp³-hybridized carbons (Fsp3) is 0.565. The number of benzene rings is 1. The third-order valence-electron chi connectivity index (χ3n) is 4.98. The molecule has 7 heteroatoms. The van der Waals surface area contributed by atoms with Crippen LogP contribution < -0.4 is 10.6 Å². The summed E-state index contributed by atoms with van der Waals surface area (Å²) in [7, 11) is 0. The maximum Gasteiger partial charge on any atom is 0.249 e. The van der Waals surface area contributed by atoms with Crippen LogP contribution in [-0.2, 0) is 9.59 Å². The molecule has 0 aliphatic carbocycles.